The standard InChI is InChI=1S/C23H23F3N4O5/c24-23(25,26)17-8-2-3-9-18(17)29-20(31)14-35-19-10-4-1-6-15(19)12-28-30-22(33)21(32)27-13-16-7-5-11-34-16/h1-4,6,8-10,12,16H,5,7,11,13-14H2,(H,27,32)(H,29,31)(H,30,33)/b28-12-/t16-/m1/s1. The van der Waals surface area contributed by atoms with E-state index >= 15 is 0 Å². The number of nitrogens with zero attached hydrogens (tertiary/aromatic N) is 1. The van der Waals surface area contributed by atoms with Crippen molar-refractivity contribution in [2.45, 2.75) is 25.1 Å². The lowest BCUT2D eigenvalue weighted by Gasteiger charge is -2.14. The molecule has 3 N–H and O–H groups in total. The highest BCUT2D eigenvalue weighted by Gasteiger charge is 2.33. The third kappa shape index (κ3) is 7.81. The van der Waals surface area contributed by atoms with Crippen LogP contribution in [0, 0.1) is 0 Å². The lowest BCUT2D eigenvalue weighted by molar-refractivity contribution is -0.139. The average molecular weight is 492 g/mol. The summed E-state index contributed by atoms with van der Waals surface area (Å²) in [6.45, 7) is 0.276. The lowest BCUT2D eigenvalue weighted by Crippen LogP contribution is -2.41. The molecule has 0 bridgehead atoms. The summed E-state index contributed by atoms with van der Waals surface area (Å²) >= 11 is 0. The number of para-hydroxylation sites is 2. The molecule has 3 amide bonds. The number of carbonyl (C=O) groups excluding carboxylic acids is 3. The van der Waals surface area contributed by atoms with Gasteiger partial charge < -0.3 is 20.1 Å². The van der Waals surface area contributed by atoms with E-state index in [0.29, 0.717) is 12.2 Å². The van der Waals surface area contributed by atoms with Crippen LogP contribution in [0.1, 0.15) is 24.0 Å². The van der Waals surface area contributed by atoms with E-state index in [1.165, 1.54) is 24.4 Å². The Balaban J connectivity index is 1.51. The maximum Gasteiger partial charge on any atom is 0.418 e. The van der Waals surface area contributed by atoms with Crippen LogP contribution in [0.3, 0.4) is 0 Å². The molecule has 1 atom stereocenters. The molecule has 3 rings (SSSR count). The van der Waals surface area contributed by atoms with Crippen LogP contribution in [-0.2, 0) is 25.3 Å². The predicted octanol–water partition coefficient (Wildman–Crippen LogP) is 2.47. The van der Waals surface area contributed by atoms with Crippen molar-refractivity contribution in [2.24, 2.45) is 5.10 Å². The first-order chi connectivity index (χ1) is 16.7. The van der Waals surface area contributed by atoms with Gasteiger partial charge in [0.05, 0.1) is 23.6 Å². The number of hydrazone groups is 1. The molecule has 9 nitrogen and oxygen atoms in total. The quantitative estimate of drug-likeness (QED) is 0.297. The van der Waals surface area contributed by atoms with Crippen molar-refractivity contribution in [1.82, 2.24) is 10.7 Å². The van der Waals surface area contributed by atoms with Crippen LogP contribution in [0.25, 0.3) is 0 Å². The van der Waals surface area contributed by atoms with Crippen LogP contribution in [-0.4, -0.2) is 49.8 Å². The molecule has 1 fully saturated rings. The van der Waals surface area contributed by atoms with Gasteiger partial charge in [0, 0.05) is 18.7 Å². The maximum absolute atomic E-state index is 13.1. The van der Waals surface area contributed by atoms with Crippen molar-refractivity contribution >= 4 is 29.6 Å². The molecule has 0 aliphatic carbocycles. The first-order valence-corrected chi connectivity index (χ1v) is 10.6. The molecule has 1 aliphatic rings. The van der Waals surface area contributed by atoms with Crippen LogP contribution in [0.5, 0.6) is 5.75 Å². The third-order valence-corrected chi connectivity index (χ3v) is 4.87. The van der Waals surface area contributed by atoms with Gasteiger partial charge in [-0.25, -0.2) is 5.43 Å². The fourth-order valence-corrected chi connectivity index (χ4v) is 3.19. The monoisotopic (exact) mass is 492 g/mol. The zero-order chi connectivity index (χ0) is 25.3. The molecule has 186 valence electrons. The number of benzene rings is 2. The summed E-state index contributed by atoms with van der Waals surface area (Å²) in [5.74, 6) is -2.45. The Labute approximate surface area is 198 Å². The Morgan fingerprint density at radius 2 is 1.83 bits per heavy atom. The Kier molecular flexibility index (Phi) is 8.79. The van der Waals surface area contributed by atoms with Crippen molar-refractivity contribution < 1.29 is 37.0 Å². The number of carbonyl (C=O) groups is 3. The normalized spacial score (nSPS) is 15.6. The summed E-state index contributed by atoms with van der Waals surface area (Å²) in [6.07, 6.45) is -1.82. The first-order valence-electron chi connectivity index (χ1n) is 10.6. The van der Waals surface area contributed by atoms with Gasteiger partial charge in [-0.3, -0.25) is 14.4 Å². The molecule has 0 saturated carbocycles. The zero-order valence-corrected chi connectivity index (χ0v) is 18.4. The topological polar surface area (TPSA) is 118 Å². The van der Waals surface area contributed by atoms with E-state index < -0.39 is 36.1 Å². The fourth-order valence-electron chi connectivity index (χ4n) is 3.19. The van der Waals surface area contributed by atoms with Crippen molar-refractivity contribution in [2.75, 3.05) is 25.1 Å². The molecular formula is C23H23F3N4O5. The second-order valence-electron chi connectivity index (χ2n) is 7.46. The van der Waals surface area contributed by atoms with Gasteiger partial charge in [0.15, 0.2) is 6.61 Å². The van der Waals surface area contributed by atoms with E-state index in [9.17, 15) is 27.6 Å². The van der Waals surface area contributed by atoms with Gasteiger partial charge in [0.1, 0.15) is 5.75 Å². The van der Waals surface area contributed by atoms with E-state index in [1.807, 2.05) is 0 Å². The smallest absolute Gasteiger partial charge is 0.418 e. The van der Waals surface area contributed by atoms with Crippen LogP contribution < -0.4 is 20.8 Å². The Morgan fingerprint density at radius 1 is 1.09 bits per heavy atom. The van der Waals surface area contributed by atoms with Crippen LogP contribution in [0.2, 0.25) is 0 Å². The van der Waals surface area contributed by atoms with E-state index in [4.69, 9.17) is 9.47 Å². The van der Waals surface area contributed by atoms with E-state index in [0.717, 1.165) is 25.0 Å². The number of anilines is 1. The van der Waals surface area contributed by atoms with Crippen molar-refractivity contribution in [1.29, 1.82) is 0 Å². The predicted molar refractivity (Wildman–Crippen MR) is 120 cm³/mol. The molecule has 0 spiro atoms. The molecule has 35 heavy (non-hydrogen) atoms. The minimum Gasteiger partial charge on any atom is -0.483 e. The molecular weight excluding hydrogens is 469 g/mol. The van der Waals surface area contributed by atoms with Gasteiger partial charge in [-0.15, -0.1) is 0 Å². The molecule has 0 radical (unpaired) electrons. The summed E-state index contributed by atoms with van der Waals surface area (Å²) in [4.78, 5) is 35.9. The number of hydrogen-bond donors (Lipinski definition) is 3. The van der Waals surface area contributed by atoms with E-state index in [1.54, 1.807) is 18.2 Å². The highest BCUT2D eigenvalue weighted by molar-refractivity contribution is 6.35. The SMILES string of the molecule is O=C(COc1ccccc1/C=N\NC(=O)C(=O)NC[C@H]1CCCO1)Nc1ccccc1C(F)(F)F. The molecule has 12 heteroatoms. The average Bonchev–Trinajstić information content (AvgIpc) is 3.35. The van der Waals surface area contributed by atoms with Gasteiger partial charge in [-0.05, 0) is 37.1 Å². The maximum atomic E-state index is 13.1. The zero-order valence-electron chi connectivity index (χ0n) is 18.4. The molecule has 0 aromatic heterocycles. The van der Waals surface area contributed by atoms with Gasteiger partial charge in [0.2, 0.25) is 0 Å². The largest absolute Gasteiger partial charge is 0.483 e. The van der Waals surface area contributed by atoms with Gasteiger partial charge in [0.25, 0.3) is 5.91 Å². The number of amides is 3. The summed E-state index contributed by atoms with van der Waals surface area (Å²) < 4.78 is 50.0. The fraction of sp³-hybridized carbons (Fsp3) is 0.304. The van der Waals surface area contributed by atoms with Gasteiger partial charge in [-0.2, -0.15) is 18.3 Å². The summed E-state index contributed by atoms with van der Waals surface area (Å²) in [7, 11) is 0. The van der Waals surface area contributed by atoms with Crippen molar-refractivity contribution in [3.63, 3.8) is 0 Å². The molecule has 0 unspecified atom stereocenters. The number of rotatable bonds is 8. The lowest BCUT2D eigenvalue weighted by atomic mass is 10.1. The van der Waals surface area contributed by atoms with Crippen molar-refractivity contribution in [3.05, 3.63) is 59.7 Å². The van der Waals surface area contributed by atoms with Crippen LogP contribution in [0.15, 0.2) is 53.6 Å². The highest BCUT2D eigenvalue weighted by Crippen LogP contribution is 2.34. The molecule has 1 saturated heterocycles. The second-order valence-corrected chi connectivity index (χ2v) is 7.46. The highest BCUT2D eigenvalue weighted by atomic mass is 19.4. The minimum atomic E-state index is -4.63. The molecule has 1 aliphatic heterocycles. The first kappa shape index (κ1) is 25.7. The van der Waals surface area contributed by atoms with E-state index in [2.05, 4.69) is 21.2 Å². The number of hydrogen-bond acceptors (Lipinski definition) is 6. The summed E-state index contributed by atoms with van der Waals surface area (Å²) in [6, 6.07) is 10.9. The van der Waals surface area contributed by atoms with Crippen LogP contribution >= 0.6 is 0 Å². The molecule has 2 aromatic carbocycles. The summed E-state index contributed by atoms with van der Waals surface area (Å²) in [5.41, 5.74) is 1.08. The Morgan fingerprint density at radius 3 is 2.57 bits per heavy atom. The number of halogens is 3. The molecule has 2 aromatic rings. The third-order valence-electron chi connectivity index (χ3n) is 4.87. The van der Waals surface area contributed by atoms with Crippen molar-refractivity contribution in [3.8, 4) is 5.75 Å². The number of alkyl halides is 3. The summed E-state index contributed by atoms with van der Waals surface area (Å²) in [5, 5.41) is 8.36. The van der Waals surface area contributed by atoms with Crippen LogP contribution in [0.4, 0.5) is 18.9 Å². The molecule has 1 heterocycles. The minimum absolute atomic E-state index is 0.113. The van der Waals surface area contributed by atoms with E-state index in [-0.39, 0.29) is 24.1 Å². The number of nitrogens with one attached hydrogen (secondary N) is 3. The Bertz CT molecular complexity index is 1080. The number of ether oxygens (including phenoxy) is 2. The van der Waals surface area contributed by atoms with Gasteiger partial charge in [-0.1, -0.05) is 24.3 Å². The Hall–Kier alpha value is -3.93. The van der Waals surface area contributed by atoms with Gasteiger partial charge >= 0.3 is 18.0 Å². The second kappa shape index (κ2) is 12.0.